The van der Waals surface area contributed by atoms with Crippen LogP contribution in [0.15, 0.2) is 24.3 Å². The van der Waals surface area contributed by atoms with Crippen molar-refractivity contribution in [3.8, 4) is 0 Å². The second-order valence-electron chi connectivity index (χ2n) is 5.54. The Hall–Kier alpha value is -1.15. The van der Waals surface area contributed by atoms with Crippen molar-refractivity contribution >= 4 is 5.78 Å². The smallest absolute Gasteiger partial charge is 0.166 e. The summed E-state index contributed by atoms with van der Waals surface area (Å²) < 4.78 is 0. The summed E-state index contributed by atoms with van der Waals surface area (Å²) in [6.45, 7) is 2.05. The van der Waals surface area contributed by atoms with E-state index in [2.05, 4.69) is 12.2 Å². The summed E-state index contributed by atoms with van der Waals surface area (Å²) in [5.74, 6) is 0.597. The fourth-order valence-corrected chi connectivity index (χ4v) is 3.22. The predicted octanol–water partition coefficient (Wildman–Crippen LogP) is 2.71. The molecular weight excluding hydrogens is 210 g/mol. The standard InChI is InChI=1S/C15H19NO/c1-10-2-4-11(5-3-10)15(17)12-8-13-6-7-14(9-12)16-13/h2-5,12-14,16H,6-9H2,1H3. The molecule has 0 aromatic heterocycles. The Morgan fingerprint density at radius 1 is 1.12 bits per heavy atom. The van der Waals surface area contributed by atoms with Crippen molar-refractivity contribution in [3.63, 3.8) is 0 Å². The first-order valence-corrected chi connectivity index (χ1v) is 6.59. The molecule has 2 atom stereocenters. The number of rotatable bonds is 2. The van der Waals surface area contributed by atoms with Crippen LogP contribution in [0.3, 0.4) is 0 Å². The van der Waals surface area contributed by atoms with Crippen LogP contribution in [-0.4, -0.2) is 17.9 Å². The maximum absolute atomic E-state index is 12.4. The van der Waals surface area contributed by atoms with E-state index in [-0.39, 0.29) is 5.92 Å². The second-order valence-corrected chi connectivity index (χ2v) is 5.54. The fourth-order valence-electron chi connectivity index (χ4n) is 3.22. The van der Waals surface area contributed by atoms with Crippen molar-refractivity contribution in [1.29, 1.82) is 0 Å². The van der Waals surface area contributed by atoms with Crippen LogP contribution in [0.2, 0.25) is 0 Å². The molecule has 2 unspecified atom stereocenters. The minimum Gasteiger partial charge on any atom is -0.311 e. The van der Waals surface area contributed by atoms with Gasteiger partial charge in [-0.25, -0.2) is 0 Å². The van der Waals surface area contributed by atoms with Crippen molar-refractivity contribution < 1.29 is 4.79 Å². The fraction of sp³-hybridized carbons (Fsp3) is 0.533. The minimum absolute atomic E-state index is 0.247. The van der Waals surface area contributed by atoms with Crippen LogP contribution in [0.4, 0.5) is 0 Å². The van der Waals surface area contributed by atoms with Gasteiger partial charge in [0.25, 0.3) is 0 Å². The highest BCUT2D eigenvalue weighted by Gasteiger charge is 2.36. The van der Waals surface area contributed by atoms with Crippen LogP contribution in [0.5, 0.6) is 0 Å². The summed E-state index contributed by atoms with van der Waals surface area (Å²) in [4.78, 5) is 12.4. The lowest BCUT2D eigenvalue weighted by Gasteiger charge is -2.28. The zero-order valence-corrected chi connectivity index (χ0v) is 10.3. The molecule has 2 aliphatic heterocycles. The van der Waals surface area contributed by atoms with Crippen molar-refractivity contribution in [2.24, 2.45) is 5.92 Å². The number of Topliss-reactive ketones (excluding diaryl/α,β-unsaturated/α-hetero) is 1. The average molecular weight is 229 g/mol. The van der Waals surface area contributed by atoms with Gasteiger partial charge in [0.15, 0.2) is 5.78 Å². The van der Waals surface area contributed by atoms with E-state index in [4.69, 9.17) is 0 Å². The quantitative estimate of drug-likeness (QED) is 0.790. The van der Waals surface area contributed by atoms with Gasteiger partial charge in [-0.2, -0.15) is 0 Å². The largest absolute Gasteiger partial charge is 0.311 e. The summed E-state index contributed by atoms with van der Waals surface area (Å²) in [5.41, 5.74) is 2.11. The van der Waals surface area contributed by atoms with Gasteiger partial charge in [0, 0.05) is 23.6 Å². The minimum atomic E-state index is 0.247. The molecule has 2 nitrogen and oxygen atoms in total. The molecule has 2 heterocycles. The van der Waals surface area contributed by atoms with Gasteiger partial charge < -0.3 is 5.32 Å². The van der Waals surface area contributed by atoms with Gasteiger partial charge in [-0.05, 0) is 32.6 Å². The number of carbonyl (C=O) groups is 1. The normalized spacial score (nSPS) is 31.5. The first-order valence-electron chi connectivity index (χ1n) is 6.59. The number of carbonyl (C=O) groups excluding carboxylic acids is 1. The molecule has 0 aliphatic carbocycles. The topological polar surface area (TPSA) is 29.1 Å². The zero-order valence-electron chi connectivity index (χ0n) is 10.3. The van der Waals surface area contributed by atoms with Gasteiger partial charge in [-0.15, -0.1) is 0 Å². The van der Waals surface area contributed by atoms with E-state index in [0.717, 1.165) is 18.4 Å². The van der Waals surface area contributed by atoms with Crippen molar-refractivity contribution in [1.82, 2.24) is 5.32 Å². The number of nitrogens with one attached hydrogen (secondary N) is 1. The van der Waals surface area contributed by atoms with Gasteiger partial charge >= 0.3 is 0 Å². The molecule has 1 N–H and O–H groups in total. The third-order valence-corrected chi connectivity index (χ3v) is 4.18. The third kappa shape index (κ3) is 2.14. The Kier molecular flexibility index (Phi) is 2.75. The van der Waals surface area contributed by atoms with Crippen molar-refractivity contribution in [2.75, 3.05) is 0 Å². The number of benzene rings is 1. The molecule has 0 saturated carbocycles. The molecule has 2 saturated heterocycles. The molecule has 0 amide bonds. The highest BCUT2D eigenvalue weighted by Crippen LogP contribution is 2.32. The van der Waals surface area contributed by atoms with Gasteiger partial charge in [0.2, 0.25) is 0 Å². The molecule has 0 radical (unpaired) electrons. The summed E-state index contributed by atoms with van der Waals surface area (Å²) in [5, 5.41) is 3.58. The van der Waals surface area contributed by atoms with Crippen molar-refractivity contribution in [2.45, 2.75) is 44.7 Å². The van der Waals surface area contributed by atoms with E-state index >= 15 is 0 Å². The Balaban J connectivity index is 1.76. The first-order chi connectivity index (χ1) is 8.22. The molecule has 3 rings (SSSR count). The lowest BCUT2D eigenvalue weighted by molar-refractivity contribution is 0.0875. The van der Waals surface area contributed by atoms with Crippen LogP contribution >= 0.6 is 0 Å². The van der Waals surface area contributed by atoms with Crippen LogP contribution in [0.1, 0.15) is 41.6 Å². The maximum Gasteiger partial charge on any atom is 0.166 e. The SMILES string of the molecule is Cc1ccc(C(=O)C2CC3CCC(C2)N3)cc1. The number of piperidine rings is 1. The summed E-state index contributed by atoms with van der Waals surface area (Å²) >= 11 is 0. The van der Waals surface area contributed by atoms with Gasteiger partial charge in [0.1, 0.15) is 0 Å². The molecule has 17 heavy (non-hydrogen) atoms. The summed E-state index contributed by atoms with van der Waals surface area (Å²) in [7, 11) is 0. The van der Waals surface area contributed by atoms with Gasteiger partial charge in [-0.3, -0.25) is 4.79 Å². The molecule has 2 fully saturated rings. The molecule has 1 aromatic carbocycles. The molecule has 90 valence electrons. The number of hydrogen-bond acceptors (Lipinski definition) is 2. The maximum atomic E-state index is 12.4. The van der Waals surface area contributed by atoms with Gasteiger partial charge in [-0.1, -0.05) is 29.8 Å². The number of fused-ring (bicyclic) bond motifs is 2. The van der Waals surface area contributed by atoms with Crippen LogP contribution in [0.25, 0.3) is 0 Å². The summed E-state index contributed by atoms with van der Waals surface area (Å²) in [6.07, 6.45) is 4.57. The van der Waals surface area contributed by atoms with E-state index in [1.807, 2.05) is 24.3 Å². The van der Waals surface area contributed by atoms with Crippen LogP contribution in [-0.2, 0) is 0 Å². The van der Waals surface area contributed by atoms with E-state index in [1.54, 1.807) is 0 Å². The predicted molar refractivity (Wildman–Crippen MR) is 68.2 cm³/mol. The second kappa shape index (κ2) is 4.26. The number of hydrogen-bond donors (Lipinski definition) is 1. The highest BCUT2D eigenvalue weighted by atomic mass is 16.1. The molecule has 2 aliphatic rings. The highest BCUT2D eigenvalue weighted by molar-refractivity contribution is 5.98. The van der Waals surface area contributed by atoms with Gasteiger partial charge in [0.05, 0.1) is 0 Å². The average Bonchev–Trinajstić information content (AvgIpc) is 2.68. The van der Waals surface area contributed by atoms with Crippen LogP contribution < -0.4 is 5.32 Å². The van der Waals surface area contributed by atoms with E-state index < -0.39 is 0 Å². The Morgan fingerprint density at radius 3 is 2.29 bits per heavy atom. The zero-order chi connectivity index (χ0) is 11.8. The monoisotopic (exact) mass is 229 g/mol. The molecular formula is C15H19NO. The Labute approximate surface area is 102 Å². The third-order valence-electron chi connectivity index (χ3n) is 4.18. The molecule has 0 spiro atoms. The van der Waals surface area contributed by atoms with Crippen molar-refractivity contribution in [3.05, 3.63) is 35.4 Å². The number of aryl methyl sites for hydroxylation is 1. The van der Waals surface area contributed by atoms with E-state index in [0.29, 0.717) is 17.9 Å². The lowest BCUT2D eigenvalue weighted by Crippen LogP contribution is -2.40. The summed E-state index contributed by atoms with van der Waals surface area (Å²) in [6, 6.07) is 9.19. The first kappa shape index (κ1) is 11.0. The van der Waals surface area contributed by atoms with E-state index in [1.165, 1.54) is 18.4 Å². The molecule has 2 bridgehead atoms. The molecule has 2 heteroatoms. The Bertz CT molecular complexity index is 411. The van der Waals surface area contributed by atoms with E-state index in [9.17, 15) is 4.79 Å². The number of ketones is 1. The Morgan fingerprint density at radius 2 is 1.71 bits per heavy atom. The lowest BCUT2D eigenvalue weighted by atomic mass is 9.86. The van der Waals surface area contributed by atoms with Crippen LogP contribution in [0, 0.1) is 12.8 Å². The molecule has 1 aromatic rings.